The fourth-order valence-electron chi connectivity index (χ4n) is 2.89. The van der Waals surface area contributed by atoms with Gasteiger partial charge in [0.05, 0.1) is 12.3 Å². The van der Waals surface area contributed by atoms with Gasteiger partial charge in [-0.2, -0.15) is 0 Å². The van der Waals surface area contributed by atoms with Crippen LogP contribution in [0, 0.1) is 0 Å². The molecule has 0 saturated heterocycles. The van der Waals surface area contributed by atoms with Gasteiger partial charge < -0.3 is 19.7 Å². The summed E-state index contributed by atoms with van der Waals surface area (Å²) in [5, 5.41) is 2.87. The molecule has 2 aromatic carbocycles. The molecule has 0 spiro atoms. The minimum atomic E-state index is -0.128. The summed E-state index contributed by atoms with van der Waals surface area (Å²) in [5.74, 6) is 1.18. The number of para-hydroxylation sites is 1. The molecule has 1 N–H and O–H groups in total. The van der Waals surface area contributed by atoms with Crippen molar-refractivity contribution >= 4 is 23.2 Å². The van der Waals surface area contributed by atoms with Crippen molar-refractivity contribution in [1.82, 2.24) is 0 Å². The van der Waals surface area contributed by atoms with E-state index in [0.717, 1.165) is 11.3 Å². The SMILES string of the molecule is C=C(C)CN1C(=O)COc2ccc(NC(=O)CCCOc3ccccc3)cc21. The number of carbonyl (C=O) groups is 2. The number of ether oxygens (including phenoxy) is 2. The molecule has 0 radical (unpaired) electrons. The van der Waals surface area contributed by atoms with Crippen LogP contribution in [0.3, 0.4) is 0 Å². The molecule has 2 amide bonds. The van der Waals surface area contributed by atoms with Gasteiger partial charge in [0.2, 0.25) is 5.91 Å². The van der Waals surface area contributed by atoms with Crippen molar-refractivity contribution in [3.05, 3.63) is 60.7 Å². The monoisotopic (exact) mass is 380 g/mol. The molecule has 1 aliphatic heterocycles. The zero-order valence-electron chi connectivity index (χ0n) is 15.9. The molecule has 0 aliphatic carbocycles. The average Bonchev–Trinajstić information content (AvgIpc) is 2.68. The van der Waals surface area contributed by atoms with Crippen LogP contribution >= 0.6 is 0 Å². The van der Waals surface area contributed by atoms with Gasteiger partial charge in [-0.05, 0) is 43.7 Å². The van der Waals surface area contributed by atoms with Crippen molar-refractivity contribution in [3.63, 3.8) is 0 Å². The largest absolute Gasteiger partial charge is 0.494 e. The lowest BCUT2D eigenvalue weighted by molar-refractivity contribution is -0.121. The number of hydrogen-bond donors (Lipinski definition) is 1. The topological polar surface area (TPSA) is 67.9 Å². The first-order valence-corrected chi connectivity index (χ1v) is 9.22. The molecule has 3 rings (SSSR count). The Morgan fingerprint density at radius 2 is 2.04 bits per heavy atom. The summed E-state index contributed by atoms with van der Waals surface area (Å²) in [6.45, 7) is 6.64. The summed E-state index contributed by atoms with van der Waals surface area (Å²) in [6.07, 6.45) is 0.948. The fraction of sp³-hybridized carbons (Fsp3) is 0.273. The smallest absolute Gasteiger partial charge is 0.265 e. The zero-order valence-corrected chi connectivity index (χ0v) is 15.9. The van der Waals surface area contributed by atoms with Gasteiger partial charge in [0.1, 0.15) is 11.5 Å². The Labute approximate surface area is 164 Å². The molecule has 0 bridgehead atoms. The first-order chi connectivity index (χ1) is 13.5. The van der Waals surface area contributed by atoms with Crippen LogP contribution in [0.5, 0.6) is 11.5 Å². The Balaban J connectivity index is 1.55. The zero-order chi connectivity index (χ0) is 19.9. The summed E-state index contributed by atoms with van der Waals surface area (Å²) in [5.41, 5.74) is 2.14. The number of amides is 2. The third-order valence-electron chi connectivity index (χ3n) is 4.17. The van der Waals surface area contributed by atoms with Crippen molar-refractivity contribution in [3.8, 4) is 11.5 Å². The van der Waals surface area contributed by atoms with Crippen LogP contribution in [-0.2, 0) is 9.59 Å². The number of carbonyl (C=O) groups excluding carboxylic acids is 2. The molecule has 146 valence electrons. The minimum Gasteiger partial charge on any atom is -0.494 e. The highest BCUT2D eigenvalue weighted by molar-refractivity contribution is 5.99. The lowest BCUT2D eigenvalue weighted by Crippen LogP contribution is -2.39. The first-order valence-electron chi connectivity index (χ1n) is 9.22. The average molecular weight is 380 g/mol. The Hall–Kier alpha value is -3.28. The highest BCUT2D eigenvalue weighted by atomic mass is 16.5. The lowest BCUT2D eigenvalue weighted by atomic mass is 10.2. The first kappa shape index (κ1) is 19.5. The molecule has 1 aliphatic rings. The maximum atomic E-state index is 12.2. The second-order valence-electron chi connectivity index (χ2n) is 6.72. The van der Waals surface area contributed by atoms with Crippen molar-refractivity contribution in [2.75, 3.05) is 30.0 Å². The van der Waals surface area contributed by atoms with E-state index in [-0.39, 0.29) is 18.4 Å². The quantitative estimate of drug-likeness (QED) is 0.559. The molecule has 0 fully saturated rings. The number of anilines is 2. The normalized spacial score (nSPS) is 12.8. The molecule has 0 unspecified atom stereocenters. The van der Waals surface area contributed by atoms with Gasteiger partial charge in [0.15, 0.2) is 6.61 Å². The second kappa shape index (κ2) is 9.08. The maximum Gasteiger partial charge on any atom is 0.265 e. The van der Waals surface area contributed by atoms with E-state index in [1.807, 2.05) is 37.3 Å². The lowest BCUT2D eigenvalue weighted by Gasteiger charge is -2.30. The van der Waals surface area contributed by atoms with Gasteiger partial charge in [0, 0.05) is 18.7 Å². The van der Waals surface area contributed by atoms with Crippen LogP contribution in [0.1, 0.15) is 19.8 Å². The summed E-state index contributed by atoms with van der Waals surface area (Å²) >= 11 is 0. The van der Waals surface area contributed by atoms with Gasteiger partial charge in [-0.25, -0.2) is 0 Å². The molecule has 0 saturated carbocycles. The Kier molecular flexibility index (Phi) is 6.32. The highest BCUT2D eigenvalue weighted by Gasteiger charge is 2.25. The van der Waals surface area contributed by atoms with Gasteiger partial charge in [-0.3, -0.25) is 9.59 Å². The molecular formula is C22H24N2O4. The van der Waals surface area contributed by atoms with Gasteiger partial charge in [0.25, 0.3) is 5.91 Å². The number of hydrogen-bond acceptors (Lipinski definition) is 4. The van der Waals surface area contributed by atoms with Crippen LogP contribution in [0.2, 0.25) is 0 Å². The third-order valence-corrected chi connectivity index (χ3v) is 4.17. The summed E-state index contributed by atoms with van der Waals surface area (Å²) < 4.78 is 11.1. The van der Waals surface area contributed by atoms with Crippen molar-refractivity contribution in [2.45, 2.75) is 19.8 Å². The number of nitrogens with zero attached hydrogens (tertiary/aromatic N) is 1. The van der Waals surface area contributed by atoms with E-state index in [4.69, 9.17) is 9.47 Å². The molecule has 28 heavy (non-hydrogen) atoms. The molecule has 2 aromatic rings. The summed E-state index contributed by atoms with van der Waals surface area (Å²) in [7, 11) is 0. The van der Waals surface area contributed by atoms with Gasteiger partial charge >= 0.3 is 0 Å². The molecular weight excluding hydrogens is 356 g/mol. The minimum absolute atomic E-state index is 0.00734. The molecule has 0 aromatic heterocycles. The second-order valence-corrected chi connectivity index (χ2v) is 6.72. The number of rotatable bonds is 8. The molecule has 6 nitrogen and oxygen atoms in total. The van der Waals surface area contributed by atoms with E-state index in [1.165, 1.54) is 0 Å². The molecule has 6 heteroatoms. The van der Waals surface area contributed by atoms with E-state index in [2.05, 4.69) is 11.9 Å². The Bertz CT molecular complexity index is 864. The van der Waals surface area contributed by atoms with Crippen molar-refractivity contribution in [2.24, 2.45) is 0 Å². The van der Waals surface area contributed by atoms with Crippen LogP contribution in [0.25, 0.3) is 0 Å². The number of nitrogens with one attached hydrogen (secondary N) is 1. The number of benzene rings is 2. The maximum absolute atomic E-state index is 12.2. The third kappa shape index (κ3) is 5.13. The predicted octanol–water partition coefficient (Wildman–Crippen LogP) is 3.79. The molecule has 0 atom stereocenters. The van der Waals surface area contributed by atoms with E-state index >= 15 is 0 Å². The van der Waals surface area contributed by atoms with E-state index in [1.54, 1.807) is 23.1 Å². The van der Waals surface area contributed by atoms with Gasteiger partial charge in [-0.15, -0.1) is 0 Å². The highest BCUT2D eigenvalue weighted by Crippen LogP contribution is 2.35. The van der Waals surface area contributed by atoms with Gasteiger partial charge in [-0.1, -0.05) is 30.4 Å². The fourth-order valence-corrected chi connectivity index (χ4v) is 2.89. The van der Waals surface area contributed by atoms with Crippen LogP contribution in [0.15, 0.2) is 60.7 Å². The predicted molar refractivity (Wildman–Crippen MR) is 109 cm³/mol. The van der Waals surface area contributed by atoms with Crippen molar-refractivity contribution in [1.29, 1.82) is 0 Å². The Morgan fingerprint density at radius 3 is 2.79 bits per heavy atom. The van der Waals surface area contributed by atoms with E-state index in [9.17, 15) is 9.59 Å². The molecule has 1 heterocycles. The van der Waals surface area contributed by atoms with Crippen LogP contribution < -0.4 is 19.7 Å². The standard InChI is InChI=1S/C22H24N2O4/c1-16(2)14-24-19-13-17(10-11-20(19)28-15-22(24)26)23-21(25)9-6-12-27-18-7-4-3-5-8-18/h3-5,7-8,10-11,13H,1,6,9,12,14-15H2,2H3,(H,23,25). The summed E-state index contributed by atoms with van der Waals surface area (Å²) in [4.78, 5) is 26.0. The van der Waals surface area contributed by atoms with Crippen molar-refractivity contribution < 1.29 is 19.1 Å². The van der Waals surface area contributed by atoms with E-state index in [0.29, 0.717) is 43.1 Å². The summed E-state index contributed by atoms with van der Waals surface area (Å²) in [6, 6.07) is 14.8. The van der Waals surface area contributed by atoms with Crippen LogP contribution in [-0.4, -0.2) is 31.6 Å². The Morgan fingerprint density at radius 1 is 1.25 bits per heavy atom. The van der Waals surface area contributed by atoms with Crippen LogP contribution in [0.4, 0.5) is 11.4 Å². The van der Waals surface area contributed by atoms with E-state index < -0.39 is 0 Å². The number of fused-ring (bicyclic) bond motifs is 1.